The normalized spacial score (nSPS) is 19.6. The third-order valence-electron chi connectivity index (χ3n) is 3.45. The number of nitrogens with two attached hydrogens (primary N) is 1. The maximum absolute atomic E-state index is 12.0. The Kier molecular flexibility index (Phi) is 3.87. The average Bonchev–Trinajstić information content (AvgIpc) is 2.67. The second kappa shape index (κ2) is 4.74. The van der Waals surface area contributed by atoms with Crippen LogP contribution < -0.4 is 5.73 Å². The standard InChI is InChI=1S/C12H21NO/c1-3-10(2)8-11(14)12(9-13)6-4-5-7-12/h2-9,13H2,1H3. The largest absolute Gasteiger partial charge is 0.329 e. The van der Waals surface area contributed by atoms with Crippen LogP contribution in [0.2, 0.25) is 0 Å². The molecule has 0 atom stereocenters. The van der Waals surface area contributed by atoms with Crippen molar-refractivity contribution in [3.8, 4) is 0 Å². The Morgan fingerprint density at radius 1 is 1.43 bits per heavy atom. The van der Waals surface area contributed by atoms with Crippen LogP contribution in [-0.2, 0) is 4.79 Å². The van der Waals surface area contributed by atoms with E-state index in [1.807, 2.05) is 6.92 Å². The minimum atomic E-state index is -0.196. The highest BCUT2D eigenvalue weighted by molar-refractivity contribution is 5.87. The van der Waals surface area contributed by atoms with Gasteiger partial charge in [-0.15, -0.1) is 0 Å². The van der Waals surface area contributed by atoms with E-state index in [1.165, 1.54) is 0 Å². The first-order valence-electron chi connectivity index (χ1n) is 5.54. The van der Waals surface area contributed by atoms with Crippen LogP contribution in [0.1, 0.15) is 45.4 Å². The predicted octanol–water partition coefficient (Wildman–Crippen LogP) is 2.43. The van der Waals surface area contributed by atoms with Gasteiger partial charge in [0.2, 0.25) is 0 Å². The van der Waals surface area contributed by atoms with Crippen molar-refractivity contribution in [3.05, 3.63) is 12.2 Å². The molecule has 14 heavy (non-hydrogen) atoms. The maximum Gasteiger partial charge on any atom is 0.144 e. The number of allylic oxidation sites excluding steroid dienone is 1. The van der Waals surface area contributed by atoms with E-state index >= 15 is 0 Å². The zero-order chi connectivity index (χ0) is 10.6. The summed E-state index contributed by atoms with van der Waals surface area (Å²) in [6, 6.07) is 0. The summed E-state index contributed by atoms with van der Waals surface area (Å²) in [5, 5.41) is 0. The van der Waals surface area contributed by atoms with Crippen molar-refractivity contribution in [1.82, 2.24) is 0 Å². The van der Waals surface area contributed by atoms with Gasteiger partial charge in [0.1, 0.15) is 5.78 Å². The van der Waals surface area contributed by atoms with Crippen molar-refractivity contribution in [3.63, 3.8) is 0 Å². The highest BCUT2D eigenvalue weighted by Gasteiger charge is 2.38. The first-order valence-corrected chi connectivity index (χ1v) is 5.54. The molecule has 0 aromatic rings. The lowest BCUT2D eigenvalue weighted by Crippen LogP contribution is -2.36. The molecule has 1 fully saturated rings. The number of rotatable bonds is 5. The third-order valence-corrected chi connectivity index (χ3v) is 3.45. The molecule has 0 unspecified atom stereocenters. The Morgan fingerprint density at radius 2 is 2.00 bits per heavy atom. The summed E-state index contributed by atoms with van der Waals surface area (Å²) in [5.41, 5.74) is 6.58. The van der Waals surface area contributed by atoms with Crippen molar-refractivity contribution in [2.24, 2.45) is 11.1 Å². The highest BCUT2D eigenvalue weighted by Crippen LogP contribution is 2.39. The van der Waals surface area contributed by atoms with Crippen LogP contribution in [0.5, 0.6) is 0 Å². The SMILES string of the molecule is C=C(CC)CC(=O)C1(CN)CCCC1. The van der Waals surface area contributed by atoms with E-state index in [-0.39, 0.29) is 5.41 Å². The summed E-state index contributed by atoms with van der Waals surface area (Å²) in [5.74, 6) is 0.323. The second-order valence-corrected chi connectivity index (χ2v) is 4.40. The van der Waals surface area contributed by atoms with Gasteiger partial charge in [-0.05, 0) is 19.3 Å². The Labute approximate surface area is 86.6 Å². The first kappa shape index (κ1) is 11.4. The van der Waals surface area contributed by atoms with Gasteiger partial charge in [0.25, 0.3) is 0 Å². The molecule has 2 heteroatoms. The summed E-state index contributed by atoms with van der Waals surface area (Å²) in [6.45, 7) is 6.45. The minimum absolute atomic E-state index is 0.196. The van der Waals surface area contributed by atoms with Crippen LogP contribution in [0.25, 0.3) is 0 Å². The Morgan fingerprint density at radius 3 is 2.43 bits per heavy atom. The molecule has 0 aromatic carbocycles. The number of Topliss-reactive ketones (excluding diaryl/α,β-unsaturated/α-hetero) is 1. The highest BCUT2D eigenvalue weighted by atomic mass is 16.1. The molecule has 0 heterocycles. The quantitative estimate of drug-likeness (QED) is 0.685. The lowest BCUT2D eigenvalue weighted by molar-refractivity contribution is -0.127. The molecule has 1 aliphatic carbocycles. The number of hydrogen-bond donors (Lipinski definition) is 1. The number of carbonyl (C=O) groups excluding carboxylic acids is 1. The molecule has 1 rings (SSSR count). The van der Waals surface area contributed by atoms with Crippen molar-refractivity contribution in [1.29, 1.82) is 0 Å². The van der Waals surface area contributed by atoms with Gasteiger partial charge in [0, 0.05) is 18.4 Å². The van der Waals surface area contributed by atoms with Gasteiger partial charge in [-0.2, -0.15) is 0 Å². The summed E-state index contributed by atoms with van der Waals surface area (Å²) in [4.78, 5) is 12.0. The van der Waals surface area contributed by atoms with Crippen LogP contribution in [0.15, 0.2) is 12.2 Å². The Balaban J connectivity index is 2.60. The third kappa shape index (κ3) is 2.24. The molecule has 1 aliphatic rings. The van der Waals surface area contributed by atoms with E-state index in [9.17, 15) is 4.79 Å². The minimum Gasteiger partial charge on any atom is -0.329 e. The average molecular weight is 195 g/mol. The zero-order valence-electron chi connectivity index (χ0n) is 9.14. The second-order valence-electron chi connectivity index (χ2n) is 4.40. The fraction of sp³-hybridized carbons (Fsp3) is 0.750. The van der Waals surface area contributed by atoms with Crippen LogP contribution in [0, 0.1) is 5.41 Å². The van der Waals surface area contributed by atoms with Gasteiger partial charge in [-0.3, -0.25) is 4.79 Å². The lowest BCUT2D eigenvalue weighted by Gasteiger charge is -2.25. The molecule has 0 amide bonds. The number of carbonyl (C=O) groups is 1. The molecule has 80 valence electrons. The topological polar surface area (TPSA) is 43.1 Å². The van der Waals surface area contributed by atoms with Crippen LogP contribution >= 0.6 is 0 Å². The van der Waals surface area contributed by atoms with Gasteiger partial charge in [-0.1, -0.05) is 31.9 Å². The molecule has 0 aliphatic heterocycles. The van der Waals surface area contributed by atoms with Crippen molar-refractivity contribution in [2.75, 3.05) is 6.54 Å². The monoisotopic (exact) mass is 195 g/mol. The molecule has 2 nitrogen and oxygen atoms in total. The summed E-state index contributed by atoms with van der Waals surface area (Å²) >= 11 is 0. The first-order chi connectivity index (χ1) is 6.64. The molecular weight excluding hydrogens is 174 g/mol. The predicted molar refractivity (Wildman–Crippen MR) is 59.0 cm³/mol. The summed E-state index contributed by atoms with van der Waals surface area (Å²) in [6.07, 6.45) is 5.71. The van der Waals surface area contributed by atoms with Crippen molar-refractivity contribution >= 4 is 5.78 Å². The van der Waals surface area contributed by atoms with Gasteiger partial charge in [-0.25, -0.2) is 0 Å². The molecular formula is C12H21NO. The van der Waals surface area contributed by atoms with E-state index in [0.717, 1.165) is 37.7 Å². The van der Waals surface area contributed by atoms with E-state index < -0.39 is 0 Å². The maximum atomic E-state index is 12.0. The molecule has 0 radical (unpaired) electrons. The van der Waals surface area contributed by atoms with Crippen LogP contribution in [-0.4, -0.2) is 12.3 Å². The smallest absolute Gasteiger partial charge is 0.144 e. The number of hydrogen-bond acceptors (Lipinski definition) is 2. The summed E-state index contributed by atoms with van der Waals surface area (Å²) in [7, 11) is 0. The lowest BCUT2D eigenvalue weighted by atomic mass is 9.79. The molecule has 0 saturated heterocycles. The van der Waals surface area contributed by atoms with E-state index in [4.69, 9.17) is 5.73 Å². The molecule has 0 aromatic heterocycles. The Bertz CT molecular complexity index is 226. The van der Waals surface area contributed by atoms with Gasteiger partial charge >= 0.3 is 0 Å². The van der Waals surface area contributed by atoms with E-state index in [2.05, 4.69) is 6.58 Å². The van der Waals surface area contributed by atoms with Crippen LogP contribution in [0.3, 0.4) is 0 Å². The molecule has 1 saturated carbocycles. The summed E-state index contributed by atoms with van der Waals surface area (Å²) < 4.78 is 0. The Hall–Kier alpha value is -0.630. The fourth-order valence-electron chi connectivity index (χ4n) is 2.19. The fourth-order valence-corrected chi connectivity index (χ4v) is 2.19. The van der Waals surface area contributed by atoms with E-state index in [1.54, 1.807) is 0 Å². The van der Waals surface area contributed by atoms with Crippen molar-refractivity contribution in [2.45, 2.75) is 45.4 Å². The molecule has 0 spiro atoms. The molecule has 0 bridgehead atoms. The zero-order valence-corrected chi connectivity index (χ0v) is 9.14. The molecule has 2 N–H and O–H groups in total. The van der Waals surface area contributed by atoms with Crippen molar-refractivity contribution < 1.29 is 4.79 Å². The number of ketones is 1. The van der Waals surface area contributed by atoms with Gasteiger partial charge in [0.15, 0.2) is 0 Å². The van der Waals surface area contributed by atoms with Gasteiger partial charge < -0.3 is 5.73 Å². The van der Waals surface area contributed by atoms with E-state index in [0.29, 0.717) is 18.7 Å². The van der Waals surface area contributed by atoms with Gasteiger partial charge in [0.05, 0.1) is 0 Å². The van der Waals surface area contributed by atoms with Crippen LogP contribution in [0.4, 0.5) is 0 Å².